The Kier molecular flexibility index (Phi) is 4.02. The number of nitriles is 1. The lowest BCUT2D eigenvalue weighted by Crippen LogP contribution is -1.96. The molecule has 0 radical (unpaired) electrons. The fourth-order valence-electron chi connectivity index (χ4n) is 1.98. The summed E-state index contributed by atoms with van der Waals surface area (Å²) in [5.41, 5.74) is 3.14. The molecule has 1 heterocycles. The Morgan fingerprint density at radius 1 is 1.25 bits per heavy atom. The summed E-state index contributed by atoms with van der Waals surface area (Å²) in [6, 6.07) is 9.19. The van der Waals surface area contributed by atoms with Crippen LogP contribution in [0.25, 0.3) is 0 Å². The number of aliphatic hydroxyl groups excluding tert-OH is 1. The first kappa shape index (κ1) is 14.0. The molecule has 20 heavy (non-hydrogen) atoms. The molecule has 0 saturated heterocycles. The minimum atomic E-state index is -0.546. The normalized spacial score (nSPS) is 11.8. The molecule has 1 aromatic carbocycles. The molecule has 102 valence electrons. The molecule has 0 bridgehead atoms. The van der Waals surface area contributed by atoms with Gasteiger partial charge in [0.1, 0.15) is 5.75 Å². The van der Waals surface area contributed by atoms with E-state index in [0.717, 1.165) is 16.7 Å². The second-order valence-electron chi connectivity index (χ2n) is 4.76. The molecule has 0 spiro atoms. The zero-order valence-electron chi connectivity index (χ0n) is 11.7. The van der Waals surface area contributed by atoms with Gasteiger partial charge in [0.05, 0.1) is 17.7 Å². The van der Waals surface area contributed by atoms with Gasteiger partial charge in [-0.2, -0.15) is 5.26 Å². The molecule has 4 nitrogen and oxygen atoms in total. The minimum absolute atomic E-state index is 0.463. The van der Waals surface area contributed by atoms with Gasteiger partial charge in [-0.05, 0) is 55.7 Å². The van der Waals surface area contributed by atoms with Gasteiger partial charge in [-0.1, -0.05) is 0 Å². The molecule has 0 aliphatic heterocycles. The first-order valence-corrected chi connectivity index (χ1v) is 6.34. The number of aromatic nitrogens is 1. The Labute approximate surface area is 118 Å². The van der Waals surface area contributed by atoms with Crippen LogP contribution in [-0.4, -0.2) is 10.1 Å². The van der Waals surface area contributed by atoms with E-state index >= 15 is 0 Å². The van der Waals surface area contributed by atoms with Gasteiger partial charge >= 0.3 is 0 Å². The van der Waals surface area contributed by atoms with Crippen molar-refractivity contribution in [2.75, 3.05) is 0 Å². The Balaban J connectivity index is 2.28. The quantitative estimate of drug-likeness (QED) is 0.926. The number of aliphatic hydroxyl groups is 1. The van der Waals surface area contributed by atoms with E-state index in [4.69, 9.17) is 10.00 Å². The number of nitrogens with zero attached hydrogens (tertiary/aromatic N) is 2. The van der Waals surface area contributed by atoms with Crippen LogP contribution in [0.3, 0.4) is 0 Å². The number of rotatable bonds is 3. The maximum Gasteiger partial charge on any atom is 0.219 e. The predicted molar refractivity (Wildman–Crippen MR) is 75.6 cm³/mol. The molecule has 0 amide bonds. The molecule has 2 aromatic rings. The van der Waals surface area contributed by atoms with Crippen LogP contribution in [0.15, 0.2) is 30.5 Å². The van der Waals surface area contributed by atoms with Crippen LogP contribution >= 0.6 is 0 Å². The lowest BCUT2D eigenvalue weighted by Gasteiger charge is -2.12. The Hall–Kier alpha value is -2.38. The van der Waals surface area contributed by atoms with E-state index in [0.29, 0.717) is 17.2 Å². The summed E-state index contributed by atoms with van der Waals surface area (Å²) in [4.78, 5) is 4.17. The average Bonchev–Trinajstić information content (AvgIpc) is 2.43. The van der Waals surface area contributed by atoms with Gasteiger partial charge in [-0.25, -0.2) is 4.98 Å². The predicted octanol–water partition coefficient (Wildman–Crippen LogP) is 3.42. The number of ether oxygens (including phenoxy) is 1. The second kappa shape index (κ2) is 5.72. The fourth-order valence-corrected chi connectivity index (χ4v) is 1.98. The van der Waals surface area contributed by atoms with Crippen LogP contribution in [0, 0.1) is 25.2 Å². The standard InChI is InChI=1S/C16H16N2O2/c1-10-6-13(8-17)7-11(2)16(10)20-15-5-4-14(9-18-15)12(3)19/h4-7,9,12,19H,1-3H3. The Bertz CT molecular complexity index is 632. The summed E-state index contributed by atoms with van der Waals surface area (Å²) >= 11 is 0. The highest BCUT2D eigenvalue weighted by molar-refractivity contribution is 5.48. The van der Waals surface area contributed by atoms with Crippen molar-refractivity contribution in [1.82, 2.24) is 4.98 Å². The number of aryl methyl sites for hydroxylation is 2. The fraction of sp³-hybridized carbons (Fsp3) is 0.250. The SMILES string of the molecule is Cc1cc(C#N)cc(C)c1Oc1ccc(C(C)O)cn1. The van der Waals surface area contributed by atoms with E-state index in [1.165, 1.54) is 0 Å². The van der Waals surface area contributed by atoms with E-state index in [1.807, 2.05) is 13.8 Å². The molecule has 0 fully saturated rings. The highest BCUT2D eigenvalue weighted by Gasteiger charge is 2.09. The van der Waals surface area contributed by atoms with Crippen molar-refractivity contribution < 1.29 is 9.84 Å². The third-order valence-corrected chi connectivity index (χ3v) is 3.04. The third kappa shape index (κ3) is 2.95. The number of benzene rings is 1. The van der Waals surface area contributed by atoms with E-state index in [2.05, 4.69) is 11.1 Å². The molecule has 1 N–H and O–H groups in total. The lowest BCUT2D eigenvalue weighted by molar-refractivity contribution is 0.198. The van der Waals surface area contributed by atoms with Crippen molar-refractivity contribution in [1.29, 1.82) is 5.26 Å². The molecule has 2 rings (SSSR count). The van der Waals surface area contributed by atoms with Crippen molar-refractivity contribution in [3.63, 3.8) is 0 Å². The van der Waals surface area contributed by atoms with Crippen molar-refractivity contribution in [3.8, 4) is 17.7 Å². The summed E-state index contributed by atoms with van der Waals surface area (Å²) in [7, 11) is 0. The van der Waals surface area contributed by atoms with Gasteiger partial charge in [0, 0.05) is 12.3 Å². The topological polar surface area (TPSA) is 66.1 Å². The number of hydrogen-bond donors (Lipinski definition) is 1. The molecule has 1 atom stereocenters. The summed E-state index contributed by atoms with van der Waals surface area (Å²) in [6.07, 6.45) is 1.05. The Morgan fingerprint density at radius 3 is 2.35 bits per heavy atom. The first-order valence-electron chi connectivity index (χ1n) is 6.34. The molecular weight excluding hydrogens is 252 g/mol. The summed E-state index contributed by atoms with van der Waals surface area (Å²) in [5.74, 6) is 1.17. The molecule has 1 unspecified atom stereocenters. The highest BCUT2D eigenvalue weighted by Crippen LogP contribution is 2.29. The maximum atomic E-state index is 9.44. The Morgan fingerprint density at radius 2 is 1.90 bits per heavy atom. The first-order chi connectivity index (χ1) is 9.51. The molecule has 0 aliphatic carbocycles. The lowest BCUT2D eigenvalue weighted by atomic mass is 10.1. The third-order valence-electron chi connectivity index (χ3n) is 3.04. The van der Waals surface area contributed by atoms with Crippen molar-refractivity contribution in [3.05, 3.63) is 52.7 Å². The summed E-state index contributed by atoms with van der Waals surface area (Å²) in [5, 5.41) is 18.4. The van der Waals surface area contributed by atoms with Crippen LogP contribution in [0.2, 0.25) is 0 Å². The van der Waals surface area contributed by atoms with Gasteiger partial charge < -0.3 is 9.84 Å². The van der Waals surface area contributed by atoms with E-state index in [-0.39, 0.29) is 0 Å². The second-order valence-corrected chi connectivity index (χ2v) is 4.76. The van der Waals surface area contributed by atoms with Gasteiger partial charge in [0.15, 0.2) is 0 Å². The zero-order chi connectivity index (χ0) is 14.7. The number of pyridine rings is 1. The van der Waals surface area contributed by atoms with E-state index in [1.54, 1.807) is 37.4 Å². The summed E-state index contributed by atoms with van der Waals surface area (Å²) in [6.45, 7) is 5.48. The zero-order valence-corrected chi connectivity index (χ0v) is 11.7. The minimum Gasteiger partial charge on any atom is -0.438 e. The van der Waals surface area contributed by atoms with Crippen LogP contribution in [0.5, 0.6) is 11.6 Å². The monoisotopic (exact) mass is 268 g/mol. The molecule has 0 aliphatic rings. The molecule has 4 heteroatoms. The van der Waals surface area contributed by atoms with Crippen LogP contribution < -0.4 is 4.74 Å². The van der Waals surface area contributed by atoms with Gasteiger partial charge in [-0.3, -0.25) is 0 Å². The molecular formula is C16H16N2O2. The van der Waals surface area contributed by atoms with E-state index in [9.17, 15) is 5.11 Å². The highest BCUT2D eigenvalue weighted by atomic mass is 16.5. The van der Waals surface area contributed by atoms with Gasteiger partial charge in [-0.15, -0.1) is 0 Å². The van der Waals surface area contributed by atoms with Crippen molar-refractivity contribution in [2.24, 2.45) is 0 Å². The molecule has 1 aromatic heterocycles. The number of hydrogen-bond acceptors (Lipinski definition) is 4. The molecule has 0 saturated carbocycles. The van der Waals surface area contributed by atoms with Gasteiger partial charge in [0.25, 0.3) is 0 Å². The van der Waals surface area contributed by atoms with Crippen LogP contribution in [0.1, 0.15) is 35.3 Å². The van der Waals surface area contributed by atoms with E-state index < -0.39 is 6.10 Å². The smallest absolute Gasteiger partial charge is 0.219 e. The summed E-state index contributed by atoms with van der Waals surface area (Å²) < 4.78 is 5.77. The van der Waals surface area contributed by atoms with Gasteiger partial charge in [0.2, 0.25) is 5.88 Å². The largest absolute Gasteiger partial charge is 0.438 e. The maximum absolute atomic E-state index is 9.44. The van der Waals surface area contributed by atoms with Crippen molar-refractivity contribution in [2.45, 2.75) is 26.9 Å². The van der Waals surface area contributed by atoms with Crippen LogP contribution in [-0.2, 0) is 0 Å². The van der Waals surface area contributed by atoms with Crippen molar-refractivity contribution >= 4 is 0 Å². The van der Waals surface area contributed by atoms with Crippen LogP contribution in [0.4, 0.5) is 0 Å². The average molecular weight is 268 g/mol.